The van der Waals surface area contributed by atoms with Gasteiger partial charge in [0.15, 0.2) is 10.8 Å². The number of thiazole rings is 1. The van der Waals surface area contributed by atoms with Crippen molar-refractivity contribution in [1.82, 2.24) is 9.88 Å². The van der Waals surface area contributed by atoms with Gasteiger partial charge in [-0.3, -0.25) is 9.59 Å². The van der Waals surface area contributed by atoms with E-state index in [0.717, 1.165) is 41.5 Å². The quantitative estimate of drug-likeness (QED) is 0.573. The number of thiophene rings is 1. The Morgan fingerprint density at radius 2 is 1.86 bits per heavy atom. The molecule has 0 saturated carbocycles. The summed E-state index contributed by atoms with van der Waals surface area (Å²) >= 11 is 3.22. The summed E-state index contributed by atoms with van der Waals surface area (Å²) in [6, 6.07) is 7.88. The van der Waals surface area contributed by atoms with Crippen LogP contribution in [0.3, 0.4) is 0 Å². The molecule has 1 aliphatic carbocycles. The average Bonchev–Trinajstić information content (AvgIpc) is 3.37. The van der Waals surface area contributed by atoms with Crippen molar-refractivity contribution < 1.29 is 9.59 Å². The van der Waals surface area contributed by atoms with E-state index in [1.807, 2.05) is 29.2 Å². The number of nitrogens with zero attached hydrogens (tertiary/aromatic N) is 2. The fraction of sp³-hybridized carbons (Fsp3) is 0.409. The van der Waals surface area contributed by atoms with Crippen LogP contribution >= 0.6 is 22.7 Å². The average molecular weight is 411 g/mol. The molecule has 2 aliphatic rings. The van der Waals surface area contributed by atoms with Crippen molar-refractivity contribution in [3.8, 4) is 0 Å². The van der Waals surface area contributed by atoms with E-state index in [-0.39, 0.29) is 17.6 Å². The highest BCUT2D eigenvalue weighted by molar-refractivity contribution is 7.20. The molecule has 0 atom stereocenters. The fourth-order valence-electron chi connectivity index (χ4n) is 4.34. The van der Waals surface area contributed by atoms with Crippen LogP contribution in [-0.4, -0.2) is 34.7 Å². The van der Waals surface area contributed by atoms with Crippen molar-refractivity contribution in [1.29, 1.82) is 0 Å². The molecule has 0 unspecified atom stereocenters. The van der Waals surface area contributed by atoms with Gasteiger partial charge < -0.3 is 4.90 Å². The third-order valence-corrected chi connectivity index (χ3v) is 8.09. The van der Waals surface area contributed by atoms with Gasteiger partial charge in [-0.2, -0.15) is 0 Å². The van der Waals surface area contributed by atoms with Gasteiger partial charge in [-0.05, 0) is 56.2 Å². The van der Waals surface area contributed by atoms with Gasteiger partial charge in [-0.25, -0.2) is 4.98 Å². The molecular formula is C22H22N2O2S2. The number of benzene rings is 1. The molecule has 0 N–H and O–H groups in total. The lowest BCUT2D eigenvalue weighted by Crippen LogP contribution is -2.40. The molecule has 2 aromatic heterocycles. The summed E-state index contributed by atoms with van der Waals surface area (Å²) in [5.41, 5.74) is 3.09. The molecule has 4 nitrogen and oxygen atoms in total. The highest BCUT2D eigenvalue weighted by Gasteiger charge is 2.31. The lowest BCUT2D eigenvalue weighted by Gasteiger charge is -2.31. The standard InChI is InChI=1S/C22H22N2O2S2/c25-20(21-23-17-6-2-4-8-19(17)28-21)14-9-11-24(12-10-14)22(26)16-13-27-18-7-3-1-5-15(16)18/h2,4,6,8,13-14H,1,3,5,7,9-12H2. The summed E-state index contributed by atoms with van der Waals surface area (Å²) in [6.45, 7) is 1.31. The van der Waals surface area contributed by atoms with Crippen LogP contribution in [0.25, 0.3) is 10.2 Å². The first kappa shape index (κ1) is 18.0. The number of amides is 1. The Kier molecular flexibility index (Phi) is 4.77. The van der Waals surface area contributed by atoms with Gasteiger partial charge in [-0.1, -0.05) is 12.1 Å². The SMILES string of the molecule is O=C(c1nc2ccccc2s1)C1CCN(C(=O)c2csc3c2CCCC3)CC1. The summed E-state index contributed by atoms with van der Waals surface area (Å²) in [7, 11) is 0. The molecule has 28 heavy (non-hydrogen) atoms. The maximum absolute atomic E-state index is 13.0. The number of carbonyl (C=O) groups is 2. The maximum Gasteiger partial charge on any atom is 0.254 e. The number of likely N-dealkylation sites (tertiary alicyclic amines) is 1. The van der Waals surface area contributed by atoms with Crippen molar-refractivity contribution in [2.75, 3.05) is 13.1 Å². The molecule has 3 aromatic rings. The molecule has 5 rings (SSSR count). The second kappa shape index (κ2) is 7.41. The highest BCUT2D eigenvalue weighted by atomic mass is 32.1. The molecule has 144 valence electrons. The Morgan fingerprint density at radius 3 is 2.68 bits per heavy atom. The van der Waals surface area contributed by atoms with Gasteiger partial charge in [0, 0.05) is 29.3 Å². The zero-order chi connectivity index (χ0) is 19.1. The number of fused-ring (bicyclic) bond motifs is 2. The minimum Gasteiger partial charge on any atom is -0.339 e. The number of para-hydroxylation sites is 1. The van der Waals surface area contributed by atoms with E-state index in [1.165, 1.54) is 34.6 Å². The summed E-state index contributed by atoms with van der Waals surface area (Å²) in [4.78, 5) is 33.8. The Morgan fingerprint density at radius 1 is 1.07 bits per heavy atom. The van der Waals surface area contributed by atoms with Gasteiger partial charge in [0.05, 0.1) is 15.8 Å². The van der Waals surface area contributed by atoms with Crippen LogP contribution in [0.2, 0.25) is 0 Å². The van der Waals surface area contributed by atoms with Crippen molar-refractivity contribution in [2.24, 2.45) is 5.92 Å². The van der Waals surface area contributed by atoms with E-state index in [1.54, 1.807) is 11.3 Å². The summed E-state index contributed by atoms with van der Waals surface area (Å²) < 4.78 is 1.06. The molecule has 0 radical (unpaired) electrons. The second-order valence-corrected chi connectivity index (χ2v) is 9.67. The molecule has 0 spiro atoms. The van der Waals surface area contributed by atoms with Crippen LogP contribution in [0.15, 0.2) is 29.6 Å². The van der Waals surface area contributed by atoms with Crippen molar-refractivity contribution >= 4 is 44.6 Å². The zero-order valence-corrected chi connectivity index (χ0v) is 17.3. The molecule has 1 fully saturated rings. The number of Topliss-reactive ketones (excluding diaryl/α,β-unsaturated/α-hetero) is 1. The van der Waals surface area contributed by atoms with E-state index in [2.05, 4.69) is 10.4 Å². The normalized spacial score (nSPS) is 17.6. The van der Waals surface area contributed by atoms with Crippen LogP contribution in [0.5, 0.6) is 0 Å². The first-order valence-electron chi connectivity index (χ1n) is 9.99. The zero-order valence-electron chi connectivity index (χ0n) is 15.6. The summed E-state index contributed by atoms with van der Waals surface area (Å²) in [5, 5.41) is 2.66. The van der Waals surface area contributed by atoms with Crippen LogP contribution in [0, 0.1) is 5.92 Å². The van der Waals surface area contributed by atoms with Crippen LogP contribution in [0.1, 0.15) is 56.3 Å². The Balaban J connectivity index is 1.26. The third kappa shape index (κ3) is 3.18. The van der Waals surface area contributed by atoms with Crippen molar-refractivity contribution in [3.63, 3.8) is 0 Å². The van der Waals surface area contributed by atoms with E-state index in [0.29, 0.717) is 18.1 Å². The Labute approximate surface area is 172 Å². The number of piperidine rings is 1. The van der Waals surface area contributed by atoms with Crippen LogP contribution in [0.4, 0.5) is 0 Å². The number of ketones is 1. The monoisotopic (exact) mass is 410 g/mol. The molecule has 1 aliphatic heterocycles. The smallest absolute Gasteiger partial charge is 0.254 e. The number of aryl methyl sites for hydroxylation is 1. The molecule has 0 bridgehead atoms. The molecule has 1 amide bonds. The summed E-state index contributed by atoms with van der Waals surface area (Å²) in [6.07, 6.45) is 6.03. The number of aromatic nitrogens is 1. The first-order valence-corrected chi connectivity index (χ1v) is 11.7. The fourth-order valence-corrected chi connectivity index (χ4v) is 6.44. The summed E-state index contributed by atoms with van der Waals surface area (Å²) in [5.74, 6) is 0.271. The Hall–Kier alpha value is -2.05. The van der Waals surface area contributed by atoms with Gasteiger partial charge in [0.1, 0.15) is 0 Å². The molecular weight excluding hydrogens is 388 g/mol. The van der Waals surface area contributed by atoms with Gasteiger partial charge in [0.2, 0.25) is 0 Å². The lowest BCUT2D eigenvalue weighted by atomic mass is 9.91. The number of hydrogen-bond donors (Lipinski definition) is 0. The first-order chi connectivity index (χ1) is 13.7. The number of rotatable bonds is 3. The molecule has 3 heterocycles. The van der Waals surface area contributed by atoms with Crippen molar-refractivity contribution in [3.05, 3.63) is 50.7 Å². The lowest BCUT2D eigenvalue weighted by molar-refractivity contribution is 0.0649. The van der Waals surface area contributed by atoms with Gasteiger partial charge in [-0.15, -0.1) is 22.7 Å². The van der Waals surface area contributed by atoms with E-state index < -0.39 is 0 Å². The van der Waals surface area contributed by atoms with E-state index in [9.17, 15) is 9.59 Å². The molecule has 1 aromatic carbocycles. The van der Waals surface area contributed by atoms with Gasteiger partial charge >= 0.3 is 0 Å². The topological polar surface area (TPSA) is 50.3 Å². The molecule has 6 heteroatoms. The third-order valence-electron chi connectivity index (χ3n) is 5.95. The minimum atomic E-state index is -0.0269. The second-order valence-electron chi connectivity index (χ2n) is 7.68. The predicted octanol–water partition coefficient (Wildman–Crippen LogP) is 4.97. The highest BCUT2D eigenvalue weighted by Crippen LogP contribution is 2.32. The largest absolute Gasteiger partial charge is 0.339 e. The van der Waals surface area contributed by atoms with Crippen LogP contribution in [-0.2, 0) is 12.8 Å². The minimum absolute atomic E-state index is 0.0269. The van der Waals surface area contributed by atoms with E-state index in [4.69, 9.17) is 0 Å². The van der Waals surface area contributed by atoms with Crippen LogP contribution < -0.4 is 0 Å². The Bertz CT molecular complexity index is 1010. The van der Waals surface area contributed by atoms with E-state index >= 15 is 0 Å². The van der Waals surface area contributed by atoms with Crippen molar-refractivity contribution in [2.45, 2.75) is 38.5 Å². The number of hydrogen-bond acceptors (Lipinski definition) is 5. The predicted molar refractivity (Wildman–Crippen MR) is 114 cm³/mol. The van der Waals surface area contributed by atoms with Gasteiger partial charge in [0.25, 0.3) is 5.91 Å². The number of carbonyl (C=O) groups excluding carboxylic acids is 2. The maximum atomic E-state index is 13.0. The molecule has 1 saturated heterocycles.